The number of hydrogen-bond donors (Lipinski definition) is 2. The number of likely N-dealkylation sites (tertiary alicyclic amines) is 1. The second-order valence-electron chi connectivity index (χ2n) is 10.8. The SMILES string of the molecule is CC(C)NC(=O)C1CCN(C(=O)c2ccc(C(=O)N3CCN(c4ncccc4NC(C)C)CC3)cc2)CC1. The molecular weight excluding hydrogens is 480 g/mol. The number of rotatable bonds is 7. The van der Waals surface area contributed by atoms with Gasteiger partial charge in [0.1, 0.15) is 0 Å². The molecule has 204 valence electrons. The van der Waals surface area contributed by atoms with E-state index in [4.69, 9.17) is 0 Å². The lowest BCUT2D eigenvalue weighted by molar-refractivity contribution is -0.126. The van der Waals surface area contributed by atoms with Gasteiger partial charge in [-0.05, 0) is 76.9 Å². The van der Waals surface area contributed by atoms with Crippen molar-refractivity contribution >= 4 is 29.2 Å². The zero-order chi connectivity index (χ0) is 27.2. The fraction of sp³-hybridized carbons (Fsp3) is 0.517. The van der Waals surface area contributed by atoms with Gasteiger partial charge in [0.2, 0.25) is 5.91 Å². The minimum Gasteiger partial charge on any atom is -0.380 e. The molecule has 0 atom stereocenters. The highest BCUT2D eigenvalue weighted by Crippen LogP contribution is 2.25. The Balaban J connectivity index is 1.30. The van der Waals surface area contributed by atoms with E-state index in [1.807, 2.05) is 30.9 Å². The third-order valence-electron chi connectivity index (χ3n) is 7.06. The van der Waals surface area contributed by atoms with Crippen molar-refractivity contribution in [3.8, 4) is 0 Å². The Morgan fingerprint density at radius 1 is 0.789 bits per heavy atom. The molecule has 1 aromatic carbocycles. The van der Waals surface area contributed by atoms with Gasteiger partial charge in [0.15, 0.2) is 5.82 Å². The molecular formula is C29H40N6O3. The van der Waals surface area contributed by atoms with E-state index >= 15 is 0 Å². The van der Waals surface area contributed by atoms with Gasteiger partial charge in [-0.2, -0.15) is 0 Å². The maximum absolute atomic E-state index is 13.2. The van der Waals surface area contributed by atoms with Crippen LogP contribution in [-0.2, 0) is 4.79 Å². The number of piperazine rings is 1. The molecule has 0 unspecified atom stereocenters. The molecule has 38 heavy (non-hydrogen) atoms. The summed E-state index contributed by atoms with van der Waals surface area (Å²) in [4.78, 5) is 48.9. The Bertz CT molecular complexity index is 1120. The predicted molar refractivity (Wildman–Crippen MR) is 149 cm³/mol. The number of aromatic nitrogens is 1. The number of pyridine rings is 1. The number of carbonyl (C=O) groups is 3. The average Bonchev–Trinajstić information content (AvgIpc) is 2.92. The average molecular weight is 521 g/mol. The molecule has 0 spiro atoms. The van der Waals surface area contributed by atoms with E-state index in [1.54, 1.807) is 35.4 Å². The van der Waals surface area contributed by atoms with Crippen LogP contribution in [0.1, 0.15) is 61.3 Å². The first kappa shape index (κ1) is 27.4. The maximum Gasteiger partial charge on any atom is 0.253 e. The molecule has 1 aromatic heterocycles. The highest BCUT2D eigenvalue weighted by Gasteiger charge is 2.29. The molecule has 9 heteroatoms. The molecule has 2 aliphatic heterocycles. The van der Waals surface area contributed by atoms with E-state index < -0.39 is 0 Å². The lowest BCUT2D eigenvalue weighted by Crippen LogP contribution is -2.49. The summed E-state index contributed by atoms with van der Waals surface area (Å²) in [5, 5.41) is 6.41. The lowest BCUT2D eigenvalue weighted by atomic mass is 9.95. The standard InChI is InChI=1S/C29H40N6O3/c1-20(2)31-25-6-5-13-30-26(25)33-16-18-35(19-17-33)29(38)24-9-7-23(8-10-24)28(37)34-14-11-22(12-15-34)27(36)32-21(3)4/h5-10,13,20-22,31H,11-12,14-19H2,1-4H3,(H,32,36). The summed E-state index contributed by atoms with van der Waals surface area (Å²) in [7, 11) is 0. The molecule has 0 bridgehead atoms. The summed E-state index contributed by atoms with van der Waals surface area (Å²) in [6.45, 7) is 11.9. The van der Waals surface area contributed by atoms with E-state index in [1.165, 1.54) is 0 Å². The number of benzene rings is 1. The van der Waals surface area contributed by atoms with Crippen LogP contribution in [0.2, 0.25) is 0 Å². The van der Waals surface area contributed by atoms with E-state index in [0.717, 1.165) is 11.5 Å². The molecule has 2 N–H and O–H groups in total. The Kier molecular flexibility index (Phi) is 8.86. The molecule has 3 amide bonds. The first-order chi connectivity index (χ1) is 18.2. The minimum absolute atomic E-state index is 0.0258. The first-order valence-electron chi connectivity index (χ1n) is 13.7. The van der Waals surface area contributed by atoms with Crippen LogP contribution in [-0.4, -0.2) is 83.9 Å². The summed E-state index contributed by atoms with van der Waals surface area (Å²) >= 11 is 0. The normalized spacial score (nSPS) is 16.6. The van der Waals surface area contributed by atoms with Crippen LogP contribution in [0, 0.1) is 5.92 Å². The van der Waals surface area contributed by atoms with Crippen molar-refractivity contribution in [2.75, 3.05) is 49.5 Å². The number of carbonyl (C=O) groups excluding carboxylic acids is 3. The van der Waals surface area contributed by atoms with Crippen LogP contribution in [0.3, 0.4) is 0 Å². The van der Waals surface area contributed by atoms with Crippen LogP contribution >= 0.6 is 0 Å². The second kappa shape index (κ2) is 12.3. The van der Waals surface area contributed by atoms with Crippen molar-refractivity contribution in [3.63, 3.8) is 0 Å². The largest absolute Gasteiger partial charge is 0.380 e. The first-order valence-corrected chi connectivity index (χ1v) is 13.7. The van der Waals surface area contributed by atoms with Crippen molar-refractivity contribution in [1.82, 2.24) is 20.1 Å². The van der Waals surface area contributed by atoms with Crippen molar-refractivity contribution in [1.29, 1.82) is 0 Å². The summed E-state index contributed by atoms with van der Waals surface area (Å²) in [5.41, 5.74) is 2.15. The van der Waals surface area contributed by atoms with Crippen LogP contribution < -0.4 is 15.5 Å². The summed E-state index contributed by atoms with van der Waals surface area (Å²) in [6, 6.07) is 11.3. The van der Waals surface area contributed by atoms with Crippen LogP contribution in [0.25, 0.3) is 0 Å². The zero-order valence-corrected chi connectivity index (χ0v) is 22.9. The number of nitrogens with one attached hydrogen (secondary N) is 2. The summed E-state index contributed by atoms with van der Waals surface area (Å²) in [6.07, 6.45) is 3.13. The molecule has 4 rings (SSSR count). The highest BCUT2D eigenvalue weighted by molar-refractivity contribution is 5.98. The molecule has 2 saturated heterocycles. The zero-order valence-electron chi connectivity index (χ0n) is 22.9. The highest BCUT2D eigenvalue weighted by atomic mass is 16.2. The van der Waals surface area contributed by atoms with E-state index in [0.29, 0.717) is 69.3 Å². The fourth-order valence-corrected chi connectivity index (χ4v) is 5.06. The fourth-order valence-electron chi connectivity index (χ4n) is 5.06. The molecule has 0 saturated carbocycles. The lowest BCUT2D eigenvalue weighted by Gasteiger charge is -2.36. The monoisotopic (exact) mass is 520 g/mol. The van der Waals surface area contributed by atoms with Gasteiger partial charge >= 0.3 is 0 Å². The van der Waals surface area contributed by atoms with Gasteiger partial charge in [0.05, 0.1) is 5.69 Å². The summed E-state index contributed by atoms with van der Waals surface area (Å²) < 4.78 is 0. The van der Waals surface area contributed by atoms with Gasteiger partial charge in [-0.25, -0.2) is 4.98 Å². The van der Waals surface area contributed by atoms with Gasteiger partial charge in [-0.15, -0.1) is 0 Å². The Morgan fingerprint density at radius 3 is 1.87 bits per heavy atom. The van der Waals surface area contributed by atoms with E-state index in [9.17, 15) is 14.4 Å². The molecule has 2 aliphatic rings. The van der Waals surface area contributed by atoms with E-state index in [2.05, 4.69) is 34.4 Å². The van der Waals surface area contributed by atoms with Crippen molar-refractivity contribution in [2.24, 2.45) is 5.92 Å². The third-order valence-corrected chi connectivity index (χ3v) is 7.06. The van der Waals surface area contributed by atoms with Crippen molar-refractivity contribution in [2.45, 2.75) is 52.6 Å². The molecule has 2 aromatic rings. The molecule has 0 aliphatic carbocycles. The number of anilines is 2. The van der Waals surface area contributed by atoms with E-state index in [-0.39, 0.29) is 29.7 Å². The van der Waals surface area contributed by atoms with Crippen molar-refractivity contribution < 1.29 is 14.4 Å². The third kappa shape index (κ3) is 6.62. The van der Waals surface area contributed by atoms with Gasteiger partial charge in [0, 0.05) is 74.6 Å². The minimum atomic E-state index is -0.0542. The maximum atomic E-state index is 13.2. The van der Waals surface area contributed by atoms with Gasteiger partial charge < -0.3 is 25.3 Å². The smallest absolute Gasteiger partial charge is 0.253 e. The molecule has 2 fully saturated rings. The topological polar surface area (TPSA) is 97.9 Å². The van der Waals surface area contributed by atoms with Gasteiger partial charge in [-0.3, -0.25) is 14.4 Å². The number of nitrogens with zero attached hydrogens (tertiary/aromatic N) is 4. The molecule has 9 nitrogen and oxygen atoms in total. The predicted octanol–water partition coefficient (Wildman–Crippen LogP) is 3.24. The summed E-state index contributed by atoms with van der Waals surface area (Å²) in [5.74, 6) is 0.866. The molecule has 0 radical (unpaired) electrons. The number of hydrogen-bond acceptors (Lipinski definition) is 6. The Labute approximate surface area is 225 Å². The molecule has 3 heterocycles. The van der Waals surface area contributed by atoms with Crippen LogP contribution in [0.4, 0.5) is 11.5 Å². The van der Waals surface area contributed by atoms with Gasteiger partial charge in [-0.1, -0.05) is 0 Å². The Hall–Kier alpha value is -3.62. The number of piperidine rings is 1. The second-order valence-corrected chi connectivity index (χ2v) is 10.8. The Morgan fingerprint density at radius 2 is 1.34 bits per heavy atom. The quantitative estimate of drug-likeness (QED) is 0.582. The van der Waals surface area contributed by atoms with Crippen LogP contribution in [0.5, 0.6) is 0 Å². The number of amides is 3. The van der Waals surface area contributed by atoms with Crippen molar-refractivity contribution in [3.05, 3.63) is 53.7 Å². The van der Waals surface area contributed by atoms with Crippen LogP contribution in [0.15, 0.2) is 42.6 Å². The van der Waals surface area contributed by atoms with Gasteiger partial charge in [0.25, 0.3) is 11.8 Å².